The summed E-state index contributed by atoms with van der Waals surface area (Å²) in [5, 5.41) is 5.29. The first-order valence-electron chi connectivity index (χ1n) is 12.5. The molecule has 2 aliphatic heterocycles. The number of nitrogens with zero attached hydrogens (tertiary/aromatic N) is 3. The predicted molar refractivity (Wildman–Crippen MR) is 139 cm³/mol. The molecule has 9 heteroatoms. The van der Waals surface area contributed by atoms with Gasteiger partial charge in [-0.25, -0.2) is 8.78 Å². The first-order valence-corrected chi connectivity index (χ1v) is 13.4. The van der Waals surface area contributed by atoms with Gasteiger partial charge in [0.15, 0.2) is 0 Å². The van der Waals surface area contributed by atoms with E-state index in [1.807, 2.05) is 16.3 Å². The lowest BCUT2D eigenvalue weighted by molar-refractivity contribution is -0.135. The Hall–Kier alpha value is -3.14. The van der Waals surface area contributed by atoms with Crippen LogP contribution in [0.5, 0.6) is 0 Å². The summed E-state index contributed by atoms with van der Waals surface area (Å²) in [7, 11) is 0. The summed E-state index contributed by atoms with van der Waals surface area (Å²) in [6.07, 6.45) is 0.502. The molecule has 0 spiro atoms. The number of rotatable bonds is 7. The lowest BCUT2D eigenvalue weighted by Crippen LogP contribution is -2.53. The summed E-state index contributed by atoms with van der Waals surface area (Å²) in [6.45, 7) is 4.26. The number of likely N-dealkylation sites (tertiary alicyclic amines) is 1. The molecular formula is C28H30F2N4O2S. The second-order valence-corrected chi connectivity index (χ2v) is 10.6. The number of thiophene rings is 1. The zero-order chi connectivity index (χ0) is 25.8. The molecule has 2 amide bonds. The van der Waals surface area contributed by atoms with Crippen molar-refractivity contribution in [3.63, 3.8) is 0 Å². The highest BCUT2D eigenvalue weighted by molar-refractivity contribution is 7.09. The maximum Gasteiger partial charge on any atom is 0.254 e. The Morgan fingerprint density at radius 3 is 2.27 bits per heavy atom. The molecule has 5 rings (SSSR count). The molecule has 3 heterocycles. The Balaban J connectivity index is 1.43. The second-order valence-electron chi connectivity index (χ2n) is 9.56. The van der Waals surface area contributed by atoms with Crippen LogP contribution in [0.15, 0.2) is 66.0 Å². The van der Waals surface area contributed by atoms with Crippen molar-refractivity contribution < 1.29 is 18.4 Å². The summed E-state index contributed by atoms with van der Waals surface area (Å²) < 4.78 is 27.1. The SMILES string of the molecule is O=C(C1CC(N(Cc2ccc(F)cc2)Cc2cccs2)CN1C(=O)c1ccc(F)cc1)N1CCNCC1. The highest BCUT2D eigenvalue weighted by atomic mass is 32.1. The zero-order valence-electron chi connectivity index (χ0n) is 20.5. The largest absolute Gasteiger partial charge is 0.338 e. The van der Waals surface area contributed by atoms with Gasteiger partial charge in [0.1, 0.15) is 17.7 Å². The molecule has 2 atom stereocenters. The fourth-order valence-electron chi connectivity index (χ4n) is 5.13. The number of halogens is 2. The minimum Gasteiger partial charge on any atom is -0.338 e. The van der Waals surface area contributed by atoms with E-state index in [1.165, 1.54) is 41.3 Å². The van der Waals surface area contributed by atoms with Crippen molar-refractivity contribution in [1.29, 1.82) is 0 Å². The molecule has 0 bridgehead atoms. The number of hydrogen-bond donors (Lipinski definition) is 1. The molecule has 2 saturated heterocycles. The van der Waals surface area contributed by atoms with E-state index in [1.54, 1.807) is 28.4 Å². The number of amides is 2. The van der Waals surface area contributed by atoms with Crippen LogP contribution >= 0.6 is 11.3 Å². The van der Waals surface area contributed by atoms with E-state index < -0.39 is 11.9 Å². The maximum absolute atomic E-state index is 13.7. The van der Waals surface area contributed by atoms with E-state index in [-0.39, 0.29) is 23.7 Å². The molecule has 3 aromatic rings. The Morgan fingerprint density at radius 1 is 0.946 bits per heavy atom. The van der Waals surface area contributed by atoms with Crippen LogP contribution in [0, 0.1) is 11.6 Å². The van der Waals surface area contributed by atoms with Gasteiger partial charge in [0.2, 0.25) is 5.91 Å². The van der Waals surface area contributed by atoms with E-state index in [4.69, 9.17) is 0 Å². The third-order valence-electron chi connectivity index (χ3n) is 7.10. The molecule has 194 valence electrons. The predicted octanol–water partition coefficient (Wildman–Crippen LogP) is 3.74. The number of carbonyl (C=O) groups excluding carboxylic acids is 2. The molecule has 0 radical (unpaired) electrons. The monoisotopic (exact) mass is 524 g/mol. The van der Waals surface area contributed by atoms with E-state index in [0.717, 1.165) is 18.7 Å². The maximum atomic E-state index is 13.7. The van der Waals surface area contributed by atoms with Gasteiger partial charge >= 0.3 is 0 Å². The van der Waals surface area contributed by atoms with Crippen molar-refractivity contribution in [2.24, 2.45) is 0 Å². The topological polar surface area (TPSA) is 55.9 Å². The number of benzene rings is 2. The quantitative estimate of drug-likeness (QED) is 0.512. The normalized spacial score (nSPS) is 20.0. The van der Waals surface area contributed by atoms with Gasteiger partial charge in [0.05, 0.1) is 0 Å². The average molecular weight is 525 g/mol. The molecule has 2 fully saturated rings. The third kappa shape index (κ3) is 6.06. The third-order valence-corrected chi connectivity index (χ3v) is 7.96. The van der Waals surface area contributed by atoms with Crippen molar-refractivity contribution in [1.82, 2.24) is 20.0 Å². The Morgan fingerprint density at radius 2 is 1.62 bits per heavy atom. The number of carbonyl (C=O) groups is 2. The fraction of sp³-hybridized carbons (Fsp3) is 0.357. The van der Waals surface area contributed by atoms with E-state index in [2.05, 4.69) is 16.3 Å². The Bertz CT molecular complexity index is 1200. The van der Waals surface area contributed by atoms with Crippen molar-refractivity contribution in [3.05, 3.63) is 93.7 Å². The molecule has 37 heavy (non-hydrogen) atoms. The van der Waals surface area contributed by atoms with E-state index >= 15 is 0 Å². The van der Waals surface area contributed by atoms with Crippen LogP contribution in [0.1, 0.15) is 27.2 Å². The standard InChI is InChI=1S/C28H30F2N4O2S/c29-22-7-3-20(4-8-22)17-33(19-25-2-1-15-37-25)24-16-26(28(36)32-13-11-31-12-14-32)34(18-24)27(35)21-5-9-23(30)10-6-21/h1-10,15,24,26,31H,11-14,16-19H2. The molecule has 1 N–H and O–H groups in total. The van der Waals surface area contributed by atoms with Crippen LogP contribution in [0.25, 0.3) is 0 Å². The highest BCUT2D eigenvalue weighted by Gasteiger charge is 2.43. The van der Waals surface area contributed by atoms with Gasteiger partial charge in [-0.3, -0.25) is 14.5 Å². The summed E-state index contributed by atoms with van der Waals surface area (Å²) in [5.74, 6) is -1.01. The minimum absolute atomic E-state index is 0.0442. The van der Waals surface area contributed by atoms with Crippen LogP contribution in [0.2, 0.25) is 0 Å². The molecule has 0 saturated carbocycles. The molecule has 2 unspecified atom stereocenters. The van der Waals surface area contributed by atoms with Crippen molar-refractivity contribution in [2.45, 2.75) is 31.6 Å². The molecule has 1 aromatic heterocycles. The summed E-state index contributed by atoms with van der Waals surface area (Å²) in [6, 6.07) is 15.3. The molecule has 2 aliphatic rings. The van der Waals surface area contributed by atoms with Crippen molar-refractivity contribution in [3.8, 4) is 0 Å². The van der Waals surface area contributed by atoms with Crippen molar-refractivity contribution in [2.75, 3.05) is 32.7 Å². The highest BCUT2D eigenvalue weighted by Crippen LogP contribution is 2.29. The Kier molecular flexibility index (Phi) is 7.93. The van der Waals surface area contributed by atoms with Gasteiger partial charge in [-0.1, -0.05) is 18.2 Å². The number of hydrogen-bond acceptors (Lipinski definition) is 5. The molecule has 0 aliphatic carbocycles. The van der Waals surface area contributed by atoms with E-state index in [0.29, 0.717) is 44.7 Å². The van der Waals surface area contributed by atoms with Crippen LogP contribution < -0.4 is 5.32 Å². The van der Waals surface area contributed by atoms with Crippen molar-refractivity contribution >= 4 is 23.2 Å². The first kappa shape index (κ1) is 25.5. The second kappa shape index (κ2) is 11.5. The molecule has 6 nitrogen and oxygen atoms in total. The Labute approximate surface area is 219 Å². The van der Waals surface area contributed by atoms with Crippen LogP contribution in [0.4, 0.5) is 8.78 Å². The lowest BCUT2D eigenvalue weighted by Gasteiger charge is -2.32. The molecule has 2 aromatic carbocycles. The fourth-order valence-corrected chi connectivity index (χ4v) is 5.86. The number of piperazine rings is 1. The van der Waals surface area contributed by atoms with Gasteiger partial charge in [0, 0.05) is 62.3 Å². The van der Waals surface area contributed by atoms with Gasteiger partial charge in [-0.15, -0.1) is 11.3 Å². The van der Waals surface area contributed by atoms with Crippen LogP contribution in [-0.4, -0.2) is 71.3 Å². The van der Waals surface area contributed by atoms with Gasteiger partial charge in [0.25, 0.3) is 5.91 Å². The zero-order valence-corrected chi connectivity index (χ0v) is 21.3. The minimum atomic E-state index is -0.597. The lowest BCUT2D eigenvalue weighted by atomic mass is 10.1. The first-order chi connectivity index (χ1) is 18.0. The van der Waals surface area contributed by atoms with Crippen LogP contribution in [-0.2, 0) is 17.9 Å². The summed E-state index contributed by atoms with van der Waals surface area (Å²) in [4.78, 5) is 34.2. The van der Waals surface area contributed by atoms with Gasteiger partial charge in [-0.05, 0) is 59.8 Å². The van der Waals surface area contributed by atoms with Gasteiger partial charge in [-0.2, -0.15) is 0 Å². The summed E-state index contributed by atoms with van der Waals surface area (Å²) >= 11 is 1.66. The molecular weight excluding hydrogens is 494 g/mol. The van der Waals surface area contributed by atoms with Gasteiger partial charge < -0.3 is 15.1 Å². The summed E-state index contributed by atoms with van der Waals surface area (Å²) in [5.41, 5.74) is 1.33. The average Bonchev–Trinajstić information content (AvgIpc) is 3.60. The van der Waals surface area contributed by atoms with E-state index in [9.17, 15) is 18.4 Å². The smallest absolute Gasteiger partial charge is 0.254 e. The number of nitrogens with one attached hydrogen (secondary N) is 1. The van der Waals surface area contributed by atoms with Crippen LogP contribution in [0.3, 0.4) is 0 Å².